The van der Waals surface area contributed by atoms with Crippen molar-refractivity contribution in [3.8, 4) is 16.9 Å². The van der Waals surface area contributed by atoms with Gasteiger partial charge in [-0.15, -0.1) is 13.2 Å². The summed E-state index contributed by atoms with van der Waals surface area (Å²) < 4.78 is 41.0. The minimum atomic E-state index is -4.77. The van der Waals surface area contributed by atoms with Gasteiger partial charge < -0.3 is 4.74 Å². The first-order valence-electron chi connectivity index (χ1n) is 5.17. The third-order valence-corrected chi connectivity index (χ3v) is 2.90. The molecule has 0 amide bonds. The fourth-order valence-electron chi connectivity index (χ4n) is 1.61. The molecule has 0 spiro atoms. The number of hydrogen-bond acceptors (Lipinski definition) is 1. The third kappa shape index (κ3) is 3.55. The molecule has 0 unspecified atom stereocenters. The average molecular weight is 307 g/mol. The maximum absolute atomic E-state index is 12.3. The van der Waals surface area contributed by atoms with Gasteiger partial charge in [0.25, 0.3) is 0 Å². The maximum Gasteiger partial charge on any atom is 0.573 e. The lowest BCUT2D eigenvalue weighted by molar-refractivity contribution is -0.274. The van der Waals surface area contributed by atoms with Crippen molar-refractivity contribution < 1.29 is 17.9 Å². The van der Waals surface area contributed by atoms with Crippen LogP contribution in [-0.2, 0) is 0 Å². The van der Waals surface area contributed by atoms with E-state index in [9.17, 15) is 13.2 Å². The van der Waals surface area contributed by atoms with E-state index < -0.39 is 6.36 Å². The van der Waals surface area contributed by atoms with Crippen molar-refractivity contribution >= 4 is 23.2 Å². The zero-order chi connectivity index (χ0) is 14.0. The smallest absolute Gasteiger partial charge is 0.405 e. The molecule has 0 aliphatic carbocycles. The van der Waals surface area contributed by atoms with E-state index in [1.807, 2.05) is 0 Å². The summed E-state index contributed by atoms with van der Waals surface area (Å²) in [6.07, 6.45) is -4.77. The Balaban J connectivity index is 2.55. The molecule has 19 heavy (non-hydrogen) atoms. The number of hydrogen-bond donors (Lipinski definition) is 0. The van der Waals surface area contributed by atoms with E-state index in [4.69, 9.17) is 23.2 Å². The average Bonchev–Trinajstić information content (AvgIpc) is 2.31. The molecule has 0 heterocycles. The van der Waals surface area contributed by atoms with Crippen LogP contribution in [0.4, 0.5) is 13.2 Å². The van der Waals surface area contributed by atoms with Gasteiger partial charge in [-0.2, -0.15) is 0 Å². The Hall–Kier alpha value is -1.39. The molecule has 0 aromatic heterocycles. The van der Waals surface area contributed by atoms with E-state index in [1.165, 1.54) is 12.1 Å². The minimum absolute atomic E-state index is 0.190. The van der Waals surface area contributed by atoms with Crippen molar-refractivity contribution in [3.05, 3.63) is 52.5 Å². The van der Waals surface area contributed by atoms with Gasteiger partial charge in [0.1, 0.15) is 5.75 Å². The molecule has 0 N–H and O–H groups in total. The quantitative estimate of drug-likeness (QED) is 0.706. The number of alkyl halides is 3. The Bertz CT molecular complexity index is 597. The zero-order valence-electron chi connectivity index (χ0n) is 9.34. The van der Waals surface area contributed by atoms with Crippen LogP contribution in [0, 0.1) is 0 Å². The highest BCUT2D eigenvalue weighted by Gasteiger charge is 2.32. The van der Waals surface area contributed by atoms with Gasteiger partial charge in [0.05, 0.1) is 0 Å². The van der Waals surface area contributed by atoms with E-state index in [0.717, 1.165) is 6.07 Å². The SMILES string of the molecule is FC(F)(F)Oc1ccc(Cl)cc1-c1ccccc1Cl. The number of rotatable bonds is 2. The Morgan fingerprint density at radius 3 is 2.21 bits per heavy atom. The second-order valence-electron chi connectivity index (χ2n) is 3.67. The summed E-state index contributed by atoms with van der Waals surface area (Å²) in [7, 11) is 0. The molecule has 0 radical (unpaired) electrons. The second kappa shape index (κ2) is 5.31. The molecule has 0 aliphatic heterocycles. The van der Waals surface area contributed by atoms with E-state index in [2.05, 4.69) is 4.74 Å². The molecule has 100 valence electrons. The summed E-state index contributed by atoms with van der Waals surface area (Å²) in [5.74, 6) is -0.343. The van der Waals surface area contributed by atoms with E-state index in [1.54, 1.807) is 24.3 Å². The number of halogens is 5. The van der Waals surface area contributed by atoms with Gasteiger partial charge in [-0.25, -0.2) is 0 Å². The lowest BCUT2D eigenvalue weighted by Crippen LogP contribution is -2.17. The molecule has 6 heteroatoms. The van der Waals surface area contributed by atoms with Gasteiger partial charge in [-0.1, -0.05) is 41.4 Å². The summed E-state index contributed by atoms with van der Waals surface area (Å²) in [6.45, 7) is 0. The highest BCUT2D eigenvalue weighted by molar-refractivity contribution is 6.34. The van der Waals surface area contributed by atoms with Crippen molar-refractivity contribution in [2.75, 3.05) is 0 Å². The molecule has 0 bridgehead atoms. The predicted molar refractivity (Wildman–Crippen MR) is 68.6 cm³/mol. The molecule has 2 aromatic carbocycles. The first-order valence-corrected chi connectivity index (χ1v) is 5.92. The van der Waals surface area contributed by atoms with Crippen LogP contribution in [0.5, 0.6) is 5.75 Å². The van der Waals surface area contributed by atoms with E-state index in [0.29, 0.717) is 15.6 Å². The molecule has 2 aromatic rings. The monoisotopic (exact) mass is 306 g/mol. The molecule has 0 fully saturated rings. The molecule has 0 aliphatic rings. The third-order valence-electron chi connectivity index (χ3n) is 2.33. The summed E-state index contributed by atoms with van der Waals surface area (Å²) in [5.41, 5.74) is 0.612. The van der Waals surface area contributed by atoms with Crippen molar-refractivity contribution in [2.45, 2.75) is 6.36 Å². The van der Waals surface area contributed by atoms with E-state index >= 15 is 0 Å². The molecule has 0 atom stereocenters. The summed E-state index contributed by atoms with van der Waals surface area (Å²) >= 11 is 11.8. The Labute approximate surface area is 117 Å². The van der Waals surface area contributed by atoms with Crippen LogP contribution < -0.4 is 4.74 Å². The fraction of sp³-hybridized carbons (Fsp3) is 0.0769. The number of ether oxygens (including phenoxy) is 1. The van der Waals surface area contributed by atoms with Gasteiger partial charge in [0.15, 0.2) is 0 Å². The molecule has 0 saturated carbocycles. The van der Waals surface area contributed by atoms with Crippen LogP contribution in [0.15, 0.2) is 42.5 Å². The first kappa shape index (κ1) is 14.0. The largest absolute Gasteiger partial charge is 0.573 e. The normalized spacial score (nSPS) is 11.4. The van der Waals surface area contributed by atoms with E-state index in [-0.39, 0.29) is 11.3 Å². The number of benzene rings is 2. The molecular formula is C13H7Cl2F3O. The highest BCUT2D eigenvalue weighted by atomic mass is 35.5. The lowest BCUT2D eigenvalue weighted by atomic mass is 10.0. The Kier molecular flexibility index (Phi) is 3.92. The molecular weight excluding hydrogens is 300 g/mol. The van der Waals surface area contributed by atoms with Crippen LogP contribution >= 0.6 is 23.2 Å². The van der Waals surface area contributed by atoms with Gasteiger partial charge >= 0.3 is 6.36 Å². The minimum Gasteiger partial charge on any atom is -0.405 e. The summed E-state index contributed by atoms with van der Waals surface area (Å²) in [5, 5.41) is 0.612. The zero-order valence-corrected chi connectivity index (χ0v) is 10.9. The van der Waals surface area contributed by atoms with Crippen molar-refractivity contribution in [1.82, 2.24) is 0 Å². The molecule has 1 nitrogen and oxygen atoms in total. The highest BCUT2D eigenvalue weighted by Crippen LogP contribution is 2.38. The van der Waals surface area contributed by atoms with Crippen LogP contribution in [-0.4, -0.2) is 6.36 Å². The summed E-state index contributed by atoms with van der Waals surface area (Å²) in [4.78, 5) is 0. The van der Waals surface area contributed by atoms with Gasteiger partial charge in [0.2, 0.25) is 0 Å². The Morgan fingerprint density at radius 2 is 1.58 bits per heavy atom. The second-order valence-corrected chi connectivity index (χ2v) is 4.51. The Morgan fingerprint density at radius 1 is 0.895 bits per heavy atom. The van der Waals surface area contributed by atoms with Gasteiger partial charge in [-0.3, -0.25) is 0 Å². The van der Waals surface area contributed by atoms with Crippen molar-refractivity contribution in [2.24, 2.45) is 0 Å². The topological polar surface area (TPSA) is 9.23 Å². The van der Waals surface area contributed by atoms with Crippen LogP contribution in [0.2, 0.25) is 10.0 Å². The molecule has 0 saturated heterocycles. The van der Waals surface area contributed by atoms with Crippen LogP contribution in [0.25, 0.3) is 11.1 Å². The van der Waals surface area contributed by atoms with Crippen LogP contribution in [0.3, 0.4) is 0 Å². The van der Waals surface area contributed by atoms with Gasteiger partial charge in [0, 0.05) is 21.2 Å². The predicted octanol–water partition coefficient (Wildman–Crippen LogP) is 5.56. The standard InChI is InChI=1S/C13H7Cl2F3O/c14-8-5-6-12(19-13(16,17)18)10(7-8)9-3-1-2-4-11(9)15/h1-7H. The maximum atomic E-state index is 12.3. The van der Waals surface area contributed by atoms with Crippen molar-refractivity contribution in [3.63, 3.8) is 0 Å². The fourth-order valence-corrected chi connectivity index (χ4v) is 2.02. The summed E-state index contributed by atoms with van der Waals surface area (Å²) in [6, 6.07) is 10.4. The molecule has 2 rings (SSSR count). The van der Waals surface area contributed by atoms with Crippen LogP contribution in [0.1, 0.15) is 0 Å². The van der Waals surface area contributed by atoms with Gasteiger partial charge in [-0.05, 0) is 24.3 Å². The first-order chi connectivity index (χ1) is 8.87. The van der Waals surface area contributed by atoms with Crippen molar-refractivity contribution in [1.29, 1.82) is 0 Å². The lowest BCUT2D eigenvalue weighted by Gasteiger charge is -2.14.